The molecule has 2 amide bonds. The quantitative estimate of drug-likeness (QED) is 0.549. The van der Waals surface area contributed by atoms with Gasteiger partial charge in [0.1, 0.15) is 5.60 Å². The fraction of sp³-hybridized carbons (Fsp3) is 0.680. The van der Waals surface area contributed by atoms with Crippen LogP contribution >= 0.6 is 0 Å². The summed E-state index contributed by atoms with van der Waals surface area (Å²) in [5, 5.41) is 17.2. The number of benzene rings is 1. The summed E-state index contributed by atoms with van der Waals surface area (Å²) in [5.41, 5.74) is 0.386. The van der Waals surface area contributed by atoms with Crippen LogP contribution in [0.3, 0.4) is 0 Å². The highest BCUT2D eigenvalue weighted by atomic mass is 16.6. The average molecular weight is 433 g/mol. The van der Waals surface area contributed by atoms with Crippen molar-refractivity contribution >= 4 is 12.0 Å². The van der Waals surface area contributed by atoms with E-state index in [0.717, 1.165) is 31.2 Å². The summed E-state index contributed by atoms with van der Waals surface area (Å²) in [6.45, 7) is 10.3. The number of amides is 2. The molecule has 1 fully saturated rings. The molecule has 1 aliphatic carbocycles. The second kappa shape index (κ2) is 11.5. The zero-order valence-corrected chi connectivity index (χ0v) is 19.7. The maximum absolute atomic E-state index is 12.8. The lowest BCUT2D eigenvalue weighted by Gasteiger charge is -2.32. The molecule has 6 heteroatoms. The normalized spacial score (nSPS) is 20.9. The Balaban J connectivity index is 2.11. The number of carbonyl (C=O) groups excluding carboxylic acids is 2. The molecular formula is C25H40N2O4. The van der Waals surface area contributed by atoms with Crippen molar-refractivity contribution in [3.63, 3.8) is 0 Å². The summed E-state index contributed by atoms with van der Waals surface area (Å²) >= 11 is 0. The Labute approximate surface area is 187 Å². The van der Waals surface area contributed by atoms with Crippen molar-refractivity contribution < 1.29 is 19.4 Å². The highest BCUT2D eigenvalue weighted by Gasteiger charge is 2.41. The maximum Gasteiger partial charge on any atom is 0.407 e. The third kappa shape index (κ3) is 8.52. The van der Waals surface area contributed by atoms with Gasteiger partial charge in [-0.3, -0.25) is 4.79 Å². The molecule has 1 saturated carbocycles. The van der Waals surface area contributed by atoms with Crippen LogP contribution in [0.4, 0.5) is 4.79 Å². The van der Waals surface area contributed by atoms with E-state index in [-0.39, 0.29) is 17.7 Å². The van der Waals surface area contributed by atoms with E-state index in [1.165, 1.54) is 0 Å². The molecule has 0 saturated heterocycles. The van der Waals surface area contributed by atoms with Crippen LogP contribution in [0.15, 0.2) is 30.3 Å². The molecule has 0 aliphatic heterocycles. The molecule has 0 radical (unpaired) electrons. The van der Waals surface area contributed by atoms with Crippen molar-refractivity contribution in [3.8, 4) is 0 Å². The van der Waals surface area contributed by atoms with Crippen LogP contribution in [0.25, 0.3) is 0 Å². The molecule has 1 aromatic rings. The van der Waals surface area contributed by atoms with Gasteiger partial charge in [-0.25, -0.2) is 4.79 Å². The van der Waals surface area contributed by atoms with Gasteiger partial charge in [0, 0.05) is 12.5 Å². The van der Waals surface area contributed by atoms with Crippen LogP contribution in [0.1, 0.15) is 65.9 Å². The number of alkyl carbamates (subject to hydrolysis) is 1. The monoisotopic (exact) mass is 432 g/mol. The maximum atomic E-state index is 12.8. The van der Waals surface area contributed by atoms with Crippen molar-refractivity contribution in [2.24, 2.45) is 17.8 Å². The number of aliphatic hydroxyl groups excluding tert-OH is 1. The molecule has 6 nitrogen and oxygen atoms in total. The second-order valence-corrected chi connectivity index (χ2v) is 10.1. The molecule has 1 aromatic carbocycles. The van der Waals surface area contributed by atoms with Gasteiger partial charge in [-0.05, 0) is 63.9 Å². The van der Waals surface area contributed by atoms with E-state index in [4.69, 9.17) is 4.74 Å². The van der Waals surface area contributed by atoms with E-state index >= 15 is 0 Å². The Hall–Kier alpha value is -2.08. The van der Waals surface area contributed by atoms with Gasteiger partial charge in [0.05, 0.1) is 12.1 Å². The second-order valence-electron chi connectivity index (χ2n) is 10.1. The minimum absolute atomic E-state index is 0.0120. The fourth-order valence-corrected chi connectivity index (χ4v) is 4.22. The molecule has 0 heterocycles. The Kier molecular flexibility index (Phi) is 9.35. The lowest BCUT2D eigenvalue weighted by atomic mass is 9.84. The highest BCUT2D eigenvalue weighted by Crippen LogP contribution is 2.36. The minimum atomic E-state index is -0.837. The molecular weight excluding hydrogens is 392 g/mol. The van der Waals surface area contributed by atoms with Crippen LogP contribution in [-0.4, -0.2) is 41.4 Å². The van der Waals surface area contributed by atoms with Gasteiger partial charge in [0.15, 0.2) is 0 Å². The summed E-state index contributed by atoms with van der Waals surface area (Å²) in [5.74, 6) is 0.111. The first kappa shape index (κ1) is 25.2. The first-order valence-corrected chi connectivity index (χ1v) is 11.6. The molecule has 0 bridgehead atoms. The van der Waals surface area contributed by atoms with Crippen LogP contribution < -0.4 is 10.6 Å². The summed E-state index contributed by atoms with van der Waals surface area (Å²) in [7, 11) is 0. The van der Waals surface area contributed by atoms with Crippen molar-refractivity contribution in [2.45, 2.75) is 84.5 Å². The third-order valence-electron chi connectivity index (χ3n) is 5.78. The van der Waals surface area contributed by atoms with E-state index < -0.39 is 23.8 Å². The first-order valence-electron chi connectivity index (χ1n) is 11.6. The van der Waals surface area contributed by atoms with E-state index in [0.29, 0.717) is 18.9 Å². The SMILES string of the molecule is CC(C)CCNC(=O)C1CCCC1C(O)C(Cc1ccccc1)NC(=O)OC(C)(C)C. The molecule has 174 valence electrons. The lowest BCUT2D eigenvalue weighted by molar-refractivity contribution is -0.127. The predicted octanol–water partition coefficient (Wildman–Crippen LogP) is 4.06. The van der Waals surface area contributed by atoms with Gasteiger partial charge < -0.3 is 20.5 Å². The highest BCUT2D eigenvalue weighted by molar-refractivity contribution is 5.79. The zero-order valence-electron chi connectivity index (χ0n) is 19.7. The van der Waals surface area contributed by atoms with Crippen LogP contribution in [0, 0.1) is 17.8 Å². The Bertz CT molecular complexity index is 699. The fourth-order valence-electron chi connectivity index (χ4n) is 4.22. The van der Waals surface area contributed by atoms with Gasteiger partial charge in [-0.2, -0.15) is 0 Å². The lowest BCUT2D eigenvalue weighted by Crippen LogP contribution is -2.51. The smallest absolute Gasteiger partial charge is 0.407 e. The van der Waals surface area contributed by atoms with Crippen molar-refractivity contribution in [1.29, 1.82) is 0 Å². The molecule has 2 rings (SSSR count). The molecule has 31 heavy (non-hydrogen) atoms. The molecule has 0 spiro atoms. The largest absolute Gasteiger partial charge is 0.444 e. The summed E-state index contributed by atoms with van der Waals surface area (Å²) in [4.78, 5) is 25.3. The number of rotatable bonds is 9. The third-order valence-corrected chi connectivity index (χ3v) is 5.78. The van der Waals surface area contributed by atoms with E-state index in [1.807, 2.05) is 51.1 Å². The van der Waals surface area contributed by atoms with Crippen LogP contribution in [0.5, 0.6) is 0 Å². The van der Waals surface area contributed by atoms with Gasteiger partial charge in [0.2, 0.25) is 5.91 Å². The summed E-state index contributed by atoms with van der Waals surface area (Å²) in [6, 6.07) is 9.22. The van der Waals surface area contributed by atoms with Crippen LogP contribution in [-0.2, 0) is 16.0 Å². The number of carbonyl (C=O) groups is 2. The first-order chi connectivity index (χ1) is 14.6. The topological polar surface area (TPSA) is 87.7 Å². The van der Waals surface area contributed by atoms with Gasteiger partial charge in [0.25, 0.3) is 0 Å². The Morgan fingerprint density at radius 1 is 1.16 bits per heavy atom. The Morgan fingerprint density at radius 3 is 2.45 bits per heavy atom. The summed E-state index contributed by atoms with van der Waals surface area (Å²) in [6.07, 6.45) is 2.44. The molecule has 4 atom stereocenters. The number of hydrogen-bond acceptors (Lipinski definition) is 4. The average Bonchev–Trinajstić information content (AvgIpc) is 3.15. The number of ether oxygens (including phenoxy) is 1. The standard InChI is InChI=1S/C25H40N2O4/c1-17(2)14-15-26-23(29)20-13-9-12-19(20)22(28)21(16-18-10-7-6-8-11-18)27-24(30)31-25(3,4)5/h6-8,10-11,17,19-22,28H,9,12-16H2,1-5H3,(H,26,29)(H,27,30). The van der Waals surface area contributed by atoms with Gasteiger partial charge >= 0.3 is 6.09 Å². The zero-order chi connectivity index (χ0) is 23.0. The van der Waals surface area contributed by atoms with Crippen molar-refractivity contribution in [1.82, 2.24) is 10.6 Å². The van der Waals surface area contributed by atoms with E-state index in [1.54, 1.807) is 0 Å². The molecule has 4 unspecified atom stereocenters. The predicted molar refractivity (Wildman–Crippen MR) is 123 cm³/mol. The molecule has 3 N–H and O–H groups in total. The van der Waals surface area contributed by atoms with Crippen molar-refractivity contribution in [2.75, 3.05) is 6.54 Å². The number of aliphatic hydroxyl groups is 1. The number of nitrogens with one attached hydrogen (secondary N) is 2. The molecule has 0 aromatic heterocycles. The van der Waals surface area contributed by atoms with Gasteiger partial charge in [-0.15, -0.1) is 0 Å². The van der Waals surface area contributed by atoms with E-state index in [9.17, 15) is 14.7 Å². The number of hydrogen-bond donors (Lipinski definition) is 3. The van der Waals surface area contributed by atoms with Crippen molar-refractivity contribution in [3.05, 3.63) is 35.9 Å². The van der Waals surface area contributed by atoms with E-state index in [2.05, 4.69) is 24.5 Å². The van der Waals surface area contributed by atoms with Crippen LogP contribution in [0.2, 0.25) is 0 Å². The molecule has 1 aliphatic rings. The summed E-state index contributed by atoms with van der Waals surface area (Å²) < 4.78 is 5.43. The minimum Gasteiger partial charge on any atom is -0.444 e. The van der Waals surface area contributed by atoms with Gasteiger partial charge in [-0.1, -0.05) is 50.6 Å². The Morgan fingerprint density at radius 2 is 1.84 bits per heavy atom.